The highest BCUT2D eigenvalue weighted by Gasteiger charge is 2.62. The summed E-state index contributed by atoms with van der Waals surface area (Å²) in [5, 5.41) is 20.5. The summed E-state index contributed by atoms with van der Waals surface area (Å²) in [5.41, 5.74) is 0.537. The smallest absolute Gasteiger partial charge is 0.303 e. The van der Waals surface area contributed by atoms with Gasteiger partial charge in [-0.15, -0.1) is 0 Å². The van der Waals surface area contributed by atoms with Gasteiger partial charge in [0.15, 0.2) is 0 Å². The molecule has 4 aliphatic rings. The van der Waals surface area contributed by atoms with Crippen LogP contribution in [0.3, 0.4) is 0 Å². The molecule has 166 valence electrons. The number of aliphatic hydroxyl groups excluding tert-OH is 1. The van der Waals surface area contributed by atoms with Crippen molar-refractivity contribution in [3.8, 4) is 0 Å². The summed E-state index contributed by atoms with van der Waals surface area (Å²) >= 11 is 0. The number of aliphatic hydroxyl groups is 1. The Morgan fingerprint density at radius 2 is 1.86 bits per heavy atom. The summed E-state index contributed by atoms with van der Waals surface area (Å²) in [7, 11) is 0.0462. The number of rotatable bonds is 5. The average Bonchev–Trinajstić information content (AvgIpc) is 3.04. The summed E-state index contributed by atoms with van der Waals surface area (Å²) in [5.74, 6) is 2.41. The van der Waals surface area contributed by atoms with E-state index >= 15 is 0 Å². The number of hydrogen-bond acceptors (Lipinski definition) is 3. The molecule has 0 radical (unpaired) electrons. The van der Waals surface area contributed by atoms with E-state index in [0.29, 0.717) is 40.9 Å². The fourth-order valence-electron chi connectivity index (χ4n) is 8.86. The maximum absolute atomic E-state index is 11.4. The Hall–Kier alpha value is -0.610. The maximum Gasteiger partial charge on any atom is 0.303 e. The van der Waals surface area contributed by atoms with Crippen LogP contribution in [0.4, 0.5) is 0 Å². The fraction of sp³-hybridized carbons (Fsp3) is 0.960. The number of carbonyl (C=O) groups is 1. The van der Waals surface area contributed by atoms with Crippen molar-refractivity contribution in [3.05, 3.63) is 0 Å². The molecule has 0 heterocycles. The van der Waals surface area contributed by atoms with Crippen LogP contribution < -0.4 is 0 Å². The van der Waals surface area contributed by atoms with Crippen LogP contribution >= 0.6 is 0 Å². The SMILES string of the molecule is [2H]CO[C@@H]1CC[C@]2(C)C3CC[C@@]4(C)C(CCC4[C@@H](C)CCC(=O)O)C3C(O)C[C@@H]2C1. The third kappa shape index (κ3) is 3.46. The molecular weight excluding hydrogens is 364 g/mol. The first-order valence-electron chi connectivity index (χ1n) is 12.7. The topological polar surface area (TPSA) is 66.8 Å². The van der Waals surface area contributed by atoms with E-state index in [-0.39, 0.29) is 31.1 Å². The van der Waals surface area contributed by atoms with Gasteiger partial charge in [0.2, 0.25) is 0 Å². The van der Waals surface area contributed by atoms with E-state index in [2.05, 4.69) is 20.8 Å². The monoisotopic (exact) mass is 407 g/mol. The van der Waals surface area contributed by atoms with E-state index in [1.54, 1.807) is 0 Å². The zero-order valence-corrected chi connectivity index (χ0v) is 18.6. The van der Waals surface area contributed by atoms with Gasteiger partial charge in [-0.2, -0.15) is 0 Å². The summed E-state index contributed by atoms with van der Waals surface area (Å²) in [6, 6.07) is 0. The average molecular weight is 408 g/mol. The quantitative estimate of drug-likeness (QED) is 0.663. The van der Waals surface area contributed by atoms with Gasteiger partial charge in [-0.05, 0) is 104 Å². The van der Waals surface area contributed by atoms with Gasteiger partial charge in [0.1, 0.15) is 0 Å². The number of methoxy groups -OCH3 is 1. The Labute approximate surface area is 178 Å². The fourth-order valence-corrected chi connectivity index (χ4v) is 8.86. The summed E-state index contributed by atoms with van der Waals surface area (Å²) in [6.45, 7) is 7.21. The lowest BCUT2D eigenvalue weighted by molar-refractivity contribution is -0.176. The molecule has 4 nitrogen and oxygen atoms in total. The summed E-state index contributed by atoms with van der Waals surface area (Å²) in [6.07, 6.45) is 9.96. The molecule has 4 saturated carbocycles. The maximum atomic E-state index is 11.4. The van der Waals surface area contributed by atoms with E-state index in [1.807, 2.05) is 0 Å². The predicted molar refractivity (Wildman–Crippen MR) is 113 cm³/mol. The highest BCUT2D eigenvalue weighted by molar-refractivity contribution is 5.66. The second-order valence-electron chi connectivity index (χ2n) is 11.5. The van der Waals surface area contributed by atoms with Crippen LogP contribution in [0.15, 0.2) is 0 Å². The number of aliphatic carboxylic acids is 1. The van der Waals surface area contributed by atoms with Crippen molar-refractivity contribution < 1.29 is 21.1 Å². The van der Waals surface area contributed by atoms with Gasteiger partial charge in [-0.3, -0.25) is 4.79 Å². The number of fused-ring (bicyclic) bond motifs is 5. The van der Waals surface area contributed by atoms with Gasteiger partial charge in [0.05, 0.1) is 13.6 Å². The zero-order valence-electron chi connectivity index (χ0n) is 19.6. The predicted octanol–water partition coefficient (Wildman–Crippen LogP) is 5.13. The van der Waals surface area contributed by atoms with Gasteiger partial charge in [0.25, 0.3) is 0 Å². The Morgan fingerprint density at radius 3 is 2.59 bits per heavy atom. The van der Waals surface area contributed by atoms with E-state index in [9.17, 15) is 9.90 Å². The molecule has 0 saturated heterocycles. The zero-order chi connectivity index (χ0) is 21.7. The minimum absolute atomic E-state index is 0.0462. The molecule has 4 aliphatic carbocycles. The van der Waals surface area contributed by atoms with Crippen molar-refractivity contribution >= 4 is 5.97 Å². The largest absolute Gasteiger partial charge is 0.481 e. The van der Waals surface area contributed by atoms with Crippen molar-refractivity contribution in [1.82, 2.24) is 0 Å². The van der Waals surface area contributed by atoms with E-state index < -0.39 is 5.97 Å². The van der Waals surface area contributed by atoms with Gasteiger partial charge < -0.3 is 14.9 Å². The Balaban J connectivity index is 1.52. The van der Waals surface area contributed by atoms with Crippen molar-refractivity contribution in [2.45, 2.75) is 97.2 Å². The van der Waals surface area contributed by atoms with Crippen molar-refractivity contribution in [2.24, 2.45) is 46.3 Å². The Bertz CT molecular complexity index is 641. The lowest BCUT2D eigenvalue weighted by Crippen LogP contribution is -2.58. The summed E-state index contributed by atoms with van der Waals surface area (Å²) < 4.78 is 13.1. The molecule has 2 N–H and O–H groups in total. The van der Waals surface area contributed by atoms with Gasteiger partial charge >= 0.3 is 5.97 Å². The van der Waals surface area contributed by atoms with Crippen LogP contribution in [-0.4, -0.2) is 35.5 Å². The molecule has 4 fully saturated rings. The molecule has 0 aliphatic heterocycles. The minimum Gasteiger partial charge on any atom is -0.481 e. The van der Waals surface area contributed by atoms with Crippen molar-refractivity contribution in [1.29, 1.82) is 0 Å². The summed E-state index contributed by atoms with van der Waals surface area (Å²) in [4.78, 5) is 11.1. The molecule has 0 aromatic heterocycles. The van der Waals surface area contributed by atoms with E-state index in [0.717, 1.165) is 32.1 Å². The van der Waals surface area contributed by atoms with Crippen molar-refractivity contribution in [3.63, 3.8) is 0 Å². The van der Waals surface area contributed by atoms with E-state index in [4.69, 9.17) is 11.2 Å². The lowest BCUT2D eigenvalue weighted by atomic mass is 9.43. The van der Waals surface area contributed by atoms with Crippen LogP contribution in [0.2, 0.25) is 0 Å². The lowest BCUT2D eigenvalue weighted by Gasteiger charge is -2.62. The van der Waals surface area contributed by atoms with Gasteiger partial charge in [-0.1, -0.05) is 20.8 Å². The third-order valence-corrected chi connectivity index (χ3v) is 10.4. The van der Waals surface area contributed by atoms with Crippen LogP contribution in [0.5, 0.6) is 0 Å². The number of hydrogen-bond donors (Lipinski definition) is 2. The first-order valence-corrected chi connectivity index (χ1v) is 12.0. The van der Waals surface area contributed by atoms with Crippen molar-refractivity contribution in [2.75, 3.05) is 7.09 Å². The number of carboxylic acids is 1. The molecule has 4 rings (SSSR count). The second kappa shape index (κ2) is 7.82. The van der Waals surface area contributed by atoms with E-state index in [1.165, 1.54) is 25.7 Å². The first kappa shape index (κ1) is 20.3. The molecule has 29 heavy (non-hydrogen) atoms. The molecular formula is C25H42O4. The second-order valence-corrected chi connectivity index (χ2v) is 11.5. The van der Waals surface area contributed by atoms with Gasteiger partial charge in [0, 0.05) is 13.5 Å². The molecule has 5 unspecified atom stereocenters. The highest BCUT2D eigenvalue weighted by Crippen LogP contribution is 2.68. The Morgan fingerprint density at radius 1 is 1.14 bits per heavy atom. The highest BCUT2D eigenvalue weighted by atomic mass is 16.5. The number of carboxylic acid groups (broad SMARTS) is 1. The standard InChI is InChI=1S/C25H42O4/c1-15(5-8-22(27)28)18-6-7-19-23-20(10-12-25(18,19)3)24(2)11-9-17(29-4)13-16(24)14-21(23)26/h15-21,23,26H,5-14H2,1-4H3,(H,27,28)/t15-,16-,17+,18?,19?,20?,21?,23?,24-,25+/m0/s1/i4D. The van der Waals surface area contributed by atoms with Crippen LogP contribution in [0, 0.1) is 46.3 Å². The molecule has 4 heteroatoms. The normalized spacial score (nSPS) is 50.8. The first-order chi connectivity index (χ1) is 14.2. The minimum atomic E-state index is -0.683. The molecule has 0 aromatic carbocycles. The van der Waals surface area contributed by atoms with Crippen LogP contribution in [0.25, 0.3) is 0 Å². The molecule has 0 amide bonds. The van der Waals surface area contributed by atoms with Crippen LogP contribution in [-0.2, 0) is 9.53 Å². The molecule has 0 spiro atoms. The number of ether oxygens (including phenoxy) is 1. The molecule has 10 atom stereocenters. The molecule has 0 bridgehead atoms. The molecule has 0 aromatic rings. The van der Waals surface area contributed by atoms with Crippen LogP contribution in [0.1, 0.15) is 86.4 Å². The third-order valence-electron chi connectivity index (χ3n) is 10.4. The Kier molecular flexibility index (Phi) is 5.47. The van der Waals surface area contributed by atoms with Gasteiger partial charge in [-0.25, -0.2) is 0 Å².